The van der Waals surface area contributed by atoms with Crippen molar-refractivity contribution in [3.63, 3.8) is 0 Å². The summed E-state index contributed by atoms with van der Waals surface area (Å²) in [6, 6.07) is 9.11. The number of benzene rings is 1. The minimum absolute atomic E-state index is 0.207. The Balaban J connectivity index is 1.43. The van der Waals surface area contributed by atoms with Gasteiger partial charge in [-0.2, -0.15) is 5.10 Å². The van der Waals surface area contributed by atoms with Crippen LogP contribution in [0.25, 0.3) is 0 Å². The van der Waals surface area contributed by atoms with Gasteiger partial charge in [0.05, 0.1) is 22.9 Å². The van der Waals surface area contributed by atoms with Gasteiger partial charge in [-0.25, -0.2) is 8.42 Å². The van der Waals surface area contributed by atoms with Gasteiger partial charge in [-0.05, 0) is 37.6 Å². The quantitative estimate of drug-likeness (QED) is 0.816. The van der Waals surface area contributed by atoms with Crippen molar-refractivity contribution in [2.75, 3.05) is 25.4 Å². The lowest BCUT2D eigenvalue weighted by Gasteiger charge is -2.39. The van der Waals surface area contributed by atoms with Crippen molar-refractivity contribution >= 4 is 9.84 Å². The number of nitrogens with zero attached hydrogens (tertiary/aromatic N) is 3. The smallest absolute Gasteiger partial charge is 0.178 e. The summed E-state index contributed by atoms with van der Waals surface area (Å²) in [4.78, 5) is 2.70. The number of aryl methyl sites for hydroxylation is 1. The van der Waals surface area contributed by atoms with Gasteiger partial charge in [0, 0.05) is 19.3 Å². The summed E-state index contributed by atoms with van der Waals surface area (Å²) in [6.07, 6.45) is 4.60. The van der Waals surface area contributed by atoms with Crippen LogP contribution < -0.4 is 0 Å². The highest BCUT2D eigenvalue weighted by Gasteiger charge is 2.28. The Morgan fingerprint density at radius 3 is 2.59 bits per heavy atom. The average Bonchev–Trinajstić information content (AvgIpc) is 2.88. The Hall–Kier alpha value is -1.66. The van der Waals surface area contributed by atoms with E-state index in [9.17, 15) is 8.42 Å². The molecule has 0 aliphatic carbocycles. The van der Waals surface area contributed by atoms with Crippen molar-refractivity contribution in [2.45, 2.75) is 24.3 Å². The Morgan fingerprint density at radius 1 is 1.23 bits per heavy atom. The standard InChI is InChI=1S/C16H21N3O2S/c1-14-10-17-19(11-14)15-12-18(13-15)8-5-9-22(20,21)16-6-3-2-4-7-16/h2-4,6-7,10-11,15H,5,8-9,12-13H2,1H3. The van der Waals surface area contributed by atoms with Crippen LogP contribution in [0, 0.1) is 6.92 Å². The van der Waals surface area contributed by atoms with Gasteiger partial charge in [0.25, 0.3) is 0 Å². The fourth-order valence-corrected chi connectivity index (χ4v) is 4.07. The van der Waals surface area contributed by atoms with Crippen molar-refractivity contribution in [3.05, 3.63) is 48.3 Å². The fourth-order valence-electron chi connectivity index (χ4n) is 2.75. The second kappa shape index (κ2) is 6.22. The molecule has 118 valence electrons. The van der Waals surface area contributed by atoms with Gasteiger partial charge in [-0.1, -0.05) is 18.2 Å². The lowest BCUT2D eigenvalue weighted by molar-refractivity contribution is 0.0991. The molecule has 1 aromatic carbocycles. The monoisotopic (exact) mass is 319 g/mol. The van der Waals surface area contributed by atoms with E-state index < -0.39 is 9.84 Å². The summed E-state index contributed by atoms with van der Waals surface area (Å²) in [5.41, 5.74) is 1.17. The zero-order valence-electron chi connectivity index (χ0n) is 12.7. The minimum atomic E-state index is -3.15. The van der Waals surface area contributed by atoms with E-state index in [4.69, 9.17) is 0 Å². The third kappa shape index (κ3) is 3.39. The molecule has 22 heavy (non-hydrogen) atoms. The van der Waals surface area contributed by atoms with Crippen LogP contribution in [0.4, 0.5) is 0 Å². The number of aromatic nitrogens is 2. The van der Waals surface area contributed by atoms with Gasteiger partial charge in [0.2, 0.25) is 0 Å². The largest absolute Gasteiger partial charge is 0.299 e. The summed E-state index contributed by atoms with van der Waals surface area (Å²) in [7, 11) is -3.15. The molecule has 0 radical (unpaired) electrons. The van der Waals surface area contributed by atoms with Crippen molar-refractivity contribution in [2.24, 2.45) is 0 Å². The first-order valence-electron chi connectivity index (χ1n) is 7.55. The van der Waals surface area contributed by atoms with Gasteiger partial charge in [0.1, 0.15) is 0 Å². The molecule has 0 bridgehead atoms. The van der Waals surface area contributed by atoms with E-state index in [2.05, 4.69) is 16.2 Å². The van der Waals surface area contributed by atoms with Gasteiger partial charge in [-0.15, -0.1) is 0 Å². The SMILES string of the molecule is Cc1cnn(C2CN(CCCS(=O)(=O)c3ccccc3)C2)c1. The Kier molecular flexibility index (Phi) is 4.31. The fraction of sp³-hybridized carbons (Fsp3) is 0.438. The summed E-state index contributed by atoms with van der Waals surface area (Å²) < 4.78 is 26.4. The third-order valence-electron chi connectivity index (χ3n) is 4.03. The molecule has 2 aromatic rings. The van der Waals surface area contributed by atoms with Crippen molar-refractivity contribution in [1.82, 2.24) is 14.7 Å². The lowest BCUT2D eigenvalue weighted by Crippen LogP contribution is -2.48. The van der Waals surface area contributed by atoms with Crippen LogP contribution in [-0.2, 0) is 9.84 Å². The van der Waals surface area contributed by atoms with E-state index in [1.807, 2.05) is 23.9 Å². The molecule has 1 fully saturated rings. The molecule has 0 unspecified atom stereocenters. The summed E-state index contributed by atoms with van der Waals surface area (Å²) >= 11 is 0. The molecular weight excluding hydrogens is 298 g/mol. The minimum Gasteiger partial charge on any atom is -0.299 e. The zero-order valence-corrected chi connectivity index (χ0v) is 13.5. The molecule has 1 aliphatic heterocycles. The first kappa shape index (κ1) is 15.2. The molecule has 1 aromatic heterocycles. The predicted octanol–water partition coefficient (Wildman–Crippen LogP) is 1.91. The van der Waals surface area contributed by atoms with Crippen LogP contribution in [-0.4, -0.2) is 48.5 Å². The summed E-state index contributed by atoms with van der Waals surface area (Å²) in [5.74, 6) is 0.207. The molecule has 0 spiro atoms. The molecule has 5 nitrogen and oxygen atoms in total. The molecule has 1 saturated heterocycles. The van der Waals surface area contributed by atoms with Gasteiger partial charge in [-0.3, -0.25) is 9.58 Å². The van der Waals surface area contributed by atoms with Crippen molar-refractivity contribution in [3.8, 4) is 0 Å². The van der Waals surface area contributed by atoms with Crippen LogP contribution in [0.3, 0.4) is 0 Å². The van der Waals surface area contributed by atoms with Crippen LogP contribution in [0.15, 0.2) is 47.6 Å². The van der Waals surface area contributed by atoms with Gasteiger partial charge >= 0.3 is 0 Å². The molecule has 1 aliphatic rings. The first-order chi connectivity index (χ1) is 10.5. The number of hydrogen-bond donors (Lipinski definition) is 0. The zero-order chi connectivity index (χ0) is 15.6. The van der Waals surface area contributed by atoms with Crippen LogP contribution in [0.5, 0.6) is 0 Å². The molecule has 0 atom stereocenters. The maximum atomic E-state index is 12.2. The van der Waals surface area contributed by atoms with E-state index in [0.717, 1.165) is 19.6 Å². The lowest BCUT2D eigenvalue weighted by atomic mass is 10.1. The number of sulfone groups is 1. The second-order valence-electron chi connectivity index (χ2n) is 5.90. The Bertz CT molecular complexity index is 719. The van der Waals surface area contributed by atoms with E-state index in [1.165, 1.54) is 5.56 Å². The molecule has 6 heteroatoms. The molecule has 2 heterocycles. The highest BCUT2D eigenvalue weighted by Crippen LogP contribution is 2.21. The highest BCUT2D eigenvalue weighted by molar-refractivity contribution is 7.91. The van der Waals surface area contributed by atoms with Crippen molar-refractivity contribution < 1.29 is 8.42 Å². The summed E-state index contributed by atoms with van der Waals surface area (Å²) in [6.45, 7) is 4.76. The Morgan fingerprint density at radius 2 is 1.95 bits per heavy atom. The van der Waals surface area contributed by atoms with E-state index in [1.54, 1.807) is 24.3 Å². The number of likely N-dealkylation sites (tertiary alicyclic amines) is 1. The van der Waals surface area contributed by atoms with E-state index in [0.29, 0.717) is 17.4 Å². The van der Waals surface area contributed by atoms with Gasteiger partial charge < -0.3 is 0 Å². The van der Waals surface area contributed by atoms with E-state index >= 15 is 0 Å². The molecule has 3 rings (SSSR count). The number of hydrogen-bond acceptors (Lipinski definition) is 4. The first-order valence-corrected chi connectivity index (χ1v) is 9.21. The molecule has 0 amide bonds. The van der Waals surface area contributed by atoms with Gasteiger partial charge in [0.15, 0.2) is 9.84 Å². The van der Waals surface area contributed by atoms with Crippen molar-refractivity contribution in [1.29, 1.82) is 0 Å². The molecule has 0 N–H and O–H groups in total. The maximum absolute atomic E-state index is 12.2. The number of rotatable bonds is 6. The average molecular weight is 319 g/mol. The second-order valence-corrected chi connectivity index (χ2v) is 8.01. The van der Waals surface area contributed by atoms with Crippen LogP contribution in [0.1, 0.15) is 18.0 Å². The summed E-state index contributed by atoms with van der Waals surface area (Å²) in [5, 5.41) is 4.33. The molecular formula is C16H21N3O2S. The predicted molar refractivity (Wildman–Crippen MR) is 85.6 cm³/mol. The molecule has 0 saturated carbocycles. The highest BCUT2D eigenvalue weighted by atomic mass is 32.2. The van der Waals surface area contributed by atoms with Crippen LogP contribution >= 0.6 is 0 Å². The van der Waals surface area contributed by atoms with E-state index in [-0.39, 0.29) is 5.75 Å². The van der Waals surface area contributed by atoms with Crippen LogP contribution in [0.2, 0.25) is 0 Å². The Labute approximate surface area is 131 Å². The maximum Gasteiger partial charge on any atom is 0.178 e. The third-order valence-corrected chi connectivity index (χ3v) is 5.85. The normalized spacial score (nSPS) is 16.6. The topological polar surface area (TPSA) is 55.2 Å².